The second-order valence-electron chi connectivity index (χ2n) is 4.89. The smallest absolute Gasteiger partial charge is 0.104 e. The lowest BCUT2D eigenvalue weighted by atomic mass is 10.3. The quantitative estimate of drug-likeness (QED) is 0.417. The Hall–Kier alpha value is -3.08. The van der Waals surface area contributed by atoms with Crippen molar-refractivity contribution in [3.05, 3.63) is 0 Å². The summed E-state index contributed by atoms with van der Waals surface area (Å²) < 4.78 is 0. The summed E-state index contributed by atoms with van der Waals surface area (Å²) >= 11 is 3.22. The number of alkyl halides is 1. The van der Waals surface area contributed by atoms with Crippen molar-refractivity contribution >= 4 is 15.9 Å². The third-order valence-electron chi connectivity index (χ3n) is 2.56. The van der Waals surface area contributed by atoms with Crippen molar-refractivity contribution in [1.82, 2.24) is 0 Å². The zero-order valence-electron chi connectivity index (χ0n) is 17.9. The van der Waals surface area contributed by atoms with Gasteiger partial charge in [-0.05, 0) is 0 Å². The first-order valence-electron chi connectivity index (χ1n) is 9.65. The molecule has 152 valence electrons. The standard InChI is InChI=1S/C14H13Br.C14H14O/c2*1-2-3-4-5-6-7-8-9-10-11-12-13-14-15/h2,5,8,11,14H2,1H3;15H,2,5,8,11,14H2,1H3. The first kappa shape index (κ1) is 29.1. The van der Waals surface area contributed by atoms with Gasteiger partial charge < -0.3 is 5.11 Å². The zero-order valence-corrected chi connectivity index (χ0v) is 19.5. The van der Waals surface area contributed by atoms with Crippen LogP contribution in [-0.4, -0.2) is 17.0 Å². The predicted octanol–water partition coefficient (Wildman–Crippen LogP) is 4.55. The fourth-order valence-corrected chi connectivity index (χ4v) is 1.57. The third kappa shape index (κ3) is 32.6. The molecule has 30 heavy (non-hydrogen) atoms. The van der Waals surface area contributed by atoms with Gasteiger partial charge in [0.2, 0.25) is 0 Å². The topological polar surface area (TPSA) is 20.2 Å². The van der Waals surface area contributed by atoms with Crippen molar-refractivity contribution < 1.29 is 5.11 Å². The Balaban J connectivity index is 0. The highest BCUT2D eigenvalue weighted by molar-refractivity contribution is 9.09. The monoisotopic (exact) mass is 458 g/mol. The molecule has 0 atom stereocenters. The van der Waals surface area contributed by atoms with Gasteiger partial charge in [-0.2, -0.15) is 0 Å². The van der Waals surface area contributed by atoms with E-state index in [2.05, 4.69) is 111 Å². The van der Waals surface area contributed by atoms with E-state index in [1.165, 1.54) is 0 Å². The maximum atomic E-state index is 8.35. The summed E-state index contributed by atoms with van der Waals surface area (Å²) in [6.07, 6.45) is 5.36. The van der Waals surface area contributed by atoms with Crippen LogP contribution in [0.3, 0.4) is 0 Å². The zero-order chi connectivity index (χ0) is 22.4. The van der Waals surface area contributed by atoms with E-state index in [0.29, 0.717) is 43.9 Å². The molecule has 0 aromatic heterocycles. The number of rotatable bonds is 0. The Morgan fingerprint density at radius 2 is 0.700 bits per heavy atom. The lowest BCUT2D eigenvalue weighted by molar-refractivity contribution is 0.350. The van der Waals surface area contributed by atoms with E-state index in [1.54, 1.807) is 0 Å². The minimum Gasteiger partial charge on any atom is -0.384 e. The van der Waals surface area contributed by atoms with Crippen LogP contribution in [0.4, 0.5) is 0 Å². The van der Waals surface area contributed by atoms with Crippen LogP contribution >= 0.6 is 15.9 Å². The summed E-state index contributed by atoms with van der Waals surface area (Å²) in [7, 11) is 0. The van der Waals surface area contributed by atoms with Crippen LogP contribution in [0.5, 0.6) is 0 Å². The molecule has 0 unspecified atom stereocenters. The summed E-state index contributed by atoms with van der Waals surface area (Å²) in [5.41, 5.74) is 0. The molecule has 0 rings (SSSR count). The van der Waals surface area contributed by atoms with Gasteiger partial charge in [-0.15, -0.1) is 11.8 Å². The molecule has 0 aromatic rings. The fourth-order valence-electron chi connectivity index (χ4n) is 1.37. The number of halogens is 1. The van der Waals surface area contributed by atoms with Crippen molar-refractivity contribution in [2.75, 3.05) is 11.9 Å². The molecule has 0 aliphatic heterocycles. The van der Waals surface area contributed by atoms with Gasteiger partial charge >= 0.3 is 0 Å². The molecule has 0 spiro atoms. The SMILES string of the molecule is CCC#CCC#CCC#CCC#CCBr.CCC#CCC#CCC#CCC#CCO. The van der Waals surface area contributed by atoms with E-state index in [0.717, 1.165) is 12.8 Å². The second-order valence-corrected chi connectivity index (χ2v) is 5.45. The maximum Gasteiger partial charge on any atom is 0.104 e. The van der Waals surface area contributed by atoms with Gasteiger partial charge in [0, 0.05) is 12.8 Å². The minimum absolute atomic E-state index is 0.0996. The average molecular weight is 459 g/mol. The molecule has 0 aliphatic carbocycles. The van der Waals surface area contributed by atoms with Gasteiger partial charge in [-0.1, -0.05) is 113 Å². The van der Waals surface area contributed by atoms with Crippen molar-refractivity contribution in [2.24, 2.45) is 0 Å². The van der Waals surface area contributed by atoms with Gasteiger partial charge in [-0.25, -0.2) is 0 Å². The Morgan fingerprint density at radius 3 is 0.967 bits per heavy atom. The normalized spacial score (nSPS) is 6.53. The highest BCUT2D eigenvalue weighted by Gasteiger charge is 1.70. The first-order valence-corrected chi connectivity index (χ1v) is 10.8. The number of aliphatic hydroxyl groups excluding tert-OH is 1. The molecule has 0 radical (unpaired) electrons. The largest absolute Gasteiger partial charge is 0.384 e. The van der Waals surface area contributed by atoms with E-state index in [1.807, 2.05) is 13.8 Å². The Labute approximate surface area is 192 Å². The van der Waals surface area contributed by atoms with Crippen LogP contribution < -0.4 is 0 Å². The summed E-state index contributed by atoms with van der Waals surface area (Å²) in [5.74, 6) is 46.2. The van der Waals surface area contributed by atoms with Crippen molar-refractivity contribution in [1.29, 1.82) is 0 Å². The van der Waals surface area contributed by atoms with Crippen LogP contribution in [0.25, 0.3) is 0 Å². The fraction of sp³-hybridized carbons (Fsp3) is 0.429. The Morgan fingerprint density at radius 1 is 0.433 bits per heavy atom. The van der Waals surface area contributed by atoms with Gasteiger partial charge in [-0.3, -0.25) is 0 Å². The van der Waals surface area contributed by atoms with Crippen LogP contribution in [0.2, 0.25) is 0 Å². The summed E-state index contributed by atoms with van der Waals surface area (Å²) in [4.78, 5) is 0. The molecule has 0 saturated heterocycles. The molecule has 0 saturated carbocycles. The number of aliphatic hydroxyl groups is 1. The predicted molar refractivity (Wildman–Crippen MR) is 131 cm³/mol. The first-order chi connectivity index (χ1) is 14.8. The van der Waals surface area contributed by atoms with Gasteiger partial charge in [0.05, 0.1) is 43.9 Å². The molecular weight excluding hydrogens is 432 g/mol. The third-order valence-corrected chi connectivity index (χ3v) is 2.84. The van der Waals surface area contributed by atoms with Crippen LogP contribution in [-0.2, 0) is 0 Å². The molecule has 1 nitrogen and oxygen atoms in total. The highest BCUT2D eigenvalue weighted by Crippen LogP contribution is 1.79. The molecule has 0 bridgehead atoms. The number of hydrogen-bond donors (Lipinski definition) is 1. The second kappa shape index (κ2) is 30.6. The lowest BCUT2D eigenvalue weighted by Crippen LogP contribution is -1.70. The Kier molecular flexibility index (Phi) is 29.7. The molecule has 0 fully saturated rings. The van der Waals surface area contributed by atoms with Gasteiger partial charge in [0.1, 0.15) is 6.61 Å². The van der Waals surface area contributed by atoms with Crippen LogP contribution in [0.1, 0.15) is 65.2 Å². The average Bonchev–Trinajstić information content (AvgIpc) is 2.76. The van der Waals surface area contributed by atoms with Crippen molar-refractivity contribution in [3.63, 3.8) is 0 Å². The summed E-state index contributed by atoms with van der Waals surface area (Å²) in [6, 6.07) is 0. The molecule has 0 aromatic carbocycles. The highest BCUT2D eigenvalue weighted by atomic mass is 79.9. The maximum absolute atomic E-state index is 8.35. The van der Waals surface area contributed by atoms with Crippen molar-refractivity contribution in [2.45, 2.75) is 65.2 Å². The molecule has 1 N–H and O–H groups in total. The van der Waals surface area contributed by atoms with Crippen LogP contribution in [0.15, 0.2) is 0 Å². The number of hydrogen-bond acceptors (Lipinski definition) is 1. The molecule has 0 aliphatic rings. The molecule has 0 heterocycles. The van der Waals surface area contributed by atoms with E-state index in [4.69, 9.17) is 5.11 Å². The van der Waals surface area contributed by atoms with E-state index >= 15 is 0 Å². The molecular formula is C28H27BrO. The van der Waals surface area contributed by atoms with E-state index in [9.17, 15) is 0 Å². The van der Waals surface area contributed by atoms with Crippen LogP contribution in [0, 0.1) is 94.7 Å². The van der Waals surface area contributed by atoms with E-state index < -0.39 is 0 Å². The van der Waals surface area contributed by atoms with Crippen molar-refractivity contribution in [3.8, 4) is 94.7 Å². The summed E-state index contributed by atoms with van der Waals surface area (Å²) in [5, 5.41) is 9.07. The lowest BCUT2D eigenvalue weighted by Gasteiger charge is -1.73. The van der Waals surface area contributed by atoms with Gasteiger partial charge in [0.25, 0.3) is 0 Å². The Bertz CT molecular complexity index is 779. The van der Waals surface area contributed by atoms with E-state index in [-0.39, 0.29) is 6.61 Å². The minimum atomic E-state index is -0.0996. The van der Waals surface area contributed by atoms with Gasteiger partial charge in [0.15, 0.2) is 0 Å². The summed E-state index contributed by atoms with van der Waals surface area (Å²) in [6.45, 7) is 3.94. The molecule has 2 heteroatoms. The molecule has 0 amide bonds.